The standard InChI is InChI=1S/C6H14Cl2N2/c1-9(2)5-6(7,8)10(3)4/h5H2,1-4H3. The molecule has 2 nitrogen and oxygen atoms in total. The SMILES string of the molecule is CN(C)CC(Cl)(Cl)N(C)C. The fourth-order valence-electron chi connectivity index (χ4n) is 0.522. The Morgan fingerprint density at radius 3 is 1.60 bits per heavy atom. The first-order valence-electron chi connectivity index (χ1n) is 3.06. The van der Waals surface area contributed by atoms with Crippen LogP contribution in [0.25, 0.3) is 0 Å². The molecule has 0 radical (unpaired) electrons. The van der Waals surface area contributed by atoms with Gasteiger partial charge in [-0.15, -0.1) is 0 Å². The van der Waals surface area contributed by atoms with Crippen LogP contribution >= 0.6 is 23.2 Å². The molecule has 0 fully saturated rings. The van der Waals surface area contributed by atoms with E-state index in [2.05, 4.69) is 0 Å². The van der Waals surface area contributed by atoms with Crippen molar-refractivity contribution in [3.8, 4) is 0 Å². The summed E-state index contributed by atoms with van der Waals surface area (Å²) in [6.07, 6.45) is 0. The van der Waals surface area contributed by atoms with Crippen molar-refractivity contribution in [2.45, 2.75) is 4.46 Å². The second kappa shape index (κ2) is 3.77. The lowest BCUT2D eigenvalue weighted by Crippen LogP contribution is -2.41. The third-order valence-corrected chi connectivity index (χ3v) is 2.08. The molecule has 10 heavy (non-hydrogen) atoms. The van der Waals surface area contributed by atoms with Crippen LogP contribution in [0.1, 0.15) is 0 Å². The number of alkyl halides is 2. The normalized spacial score (nSPS) is 13.2. The van der Waals surface area contributed by atoms with Gasteiger partial charge in [0, 0.05) is 6.54 Å². The van der Waals surface area contributed by atoms with E-state index in [9.17, 15) is 0 Å². The van der Waals surface area contributed by atoms with Crippen LogP contribution in [0, 0.1) is 0 Å². The molecule has 0 aliphatic rings. The molecular formula is C6H14Cl2N2. The van der Waals surface area contributed by atoms with Gasteiger partial charge in [-0.05, 0) is 28.2 Å². The van der Waals surface area contributed by atoms with Crippen LogP contribution in [0.3, 0.4) is 0 Å². The van der Waals surface area contributed by atoms with Gasteiger partial charge >= 0.3 is 0 Å². The molecule has 0 aromatic carbocycles. The Morgan fingerprint density at radius 1 is 1.10 bits per heavy atom. The van der Waals surface area contributed by atoms with Crippen molar-refractivity contribution in [2.24, 2.45) is 0 Å². The summed E-state index contributed by atoms with van der Waals surface area (Å²) in [6.45, 7) is 0.628. The molecule has 0 saturated carbocycles. The Bertz CT molecular complexity index is 102. The van der Waals surface area contributed by atoms with Gasteiger partial charge in [0.25, 0.3) is 0 Å². The zero-order chi connectivity index (χ0) is 8.36. The highest BCUT2D eigenvalue weighted by Crippen LogP contribution is 2.23. The minimum Gasteiger partial charge on any atom is -0.305 e. The van der Waals surface area contributed by atoms with Crippen molar-refractivity contribution in [3.63, 3.8) is 0 Å². The number of hydrogen-bond acceptors (Lipinski definition) is 2. The molecule has 4 heteroatoms. The maximum Gasteiger partial charge on any atom is 0.183 e. The summed E-state index contributed by atoms with van der Waals surface area (Å²) in [5.41, 5.74) is 0. The van der Waals surface area contributed by atoms with Gasteiger partial charge in [0.2, 0.25) is 0 Å². The Kier molecular flexibility index (Phi) is 3.95. The molecular weight excluding hydrogens is 171 g/mol. The van der Waals surface area contributed by atoms with Gasteiger partial charge in [0.1, 0.15) is 0 Å². The fourth-order valence-corrected chi connectivity index (χ4v) is 1.000. The first kappa shape index (κ1) is 10.5. The molecule has 0 amide bonds. The Labute approximate surface area is 72.7 Å². The lowest BCUT2D eigenvalue weighted by atomic mass is 10.5. The summed E-state index contributed by atoms with van der Waals surface area (Å²) in [4.78, 5) is 3.72. The van der Waals surface area contributed by atoms with E-state index in [1.54, 1.807) is 4.90 Å². The Hall–Kier alpha value is 0.500. The van der Waals surface area contributed by atoms with Gasteiger partial charge in [0.05, 0.1) is 0 Å². The molecule has 0 bridgehead atoms. The van der Waals surface area contributed by atoms with Gasteiger partial charge < -0.3 is 4.90 Å². The molecule has 62 valence electrons. The second-order valence-electron chi connectivity index (χ2n) is 2.80. The summed E-state index contributed by atoms with van der Waals surface area (Å²) in [5.74, 6) is 0. The Morgan fingerprint density at radius 2 is 1.50 bits per heavy atom. The zero-order valence-electron chi connectivity index (χ0n) is 6.86. The van der Waals surface area contributed by atoms with E-state index in [4.69, 9.17) is 23.2 Å². The molecule has 0 atom stereocenters. The van der Waals surface area contributed by atoms with Crippen LogP contribution < -0.4 is 0 Å². The van der Waals surface area contributed by atoms with Gasteiger partial charge in [0.15, 0.2) is 4.46 Å². The van der Waals surface area contributed by atoms with Crippen LogP contribution in [-0.4, -0.2) is 49.0 Å². The maximum absolute atomic E-state index is 5.92. The monoisotopic (exact) mass is 184 g/mol. The number of likely N-dealkylation sites (N-methyl/N-ethyl adjacent to an activating group) is 2. The van der Waals surface area contributed by atoms with Gasteiger partial charge in [-0.1, -0.05) is 23.2 Å². The predicted octanol–water partition coefficient (Wildman–Crippen LogP) is 1.24. The van der Waals surface area contributed by atoms with Crippen LogP contribution in [0.2, 0.25) is 0 Å². The fraction of sp³-hybridized carbons (Fsp3) is 1.00. The predicted molar refractivity (Wildman–Crippen MR) is 46.7 cm³/mol. The van der Waals surface area contributed by atoms with E-state index in [1.165, 1.54) is 0 Å². The first-order chi connectivity index (χ1) is 4.36. The summed E-state index contributed by atoms with van der Waals surface area (Å²) in [7, 11) is 7.57. The van der Waals surface area contributed by atoms with Crippen molar-refractivity contribution in [1.82, 2.24) is 9.80 Å². The molecule has 0 aliphatic carbocycles. The number of rotatable bonds is 3. The van der Waals surface area contributed by atoms with E-state index in [1.807, 2.05) is 33.1 Å². The molecule has 0 saturated heterocycles. The molecule has 0 spiro atoms. The third-order valence-electron chi connectivity index (χ3n) is 1.16. The van der Waals surface area contributed by atoms with Crippen LogP contribution in [0.15, 0.2) is 0 Å². The Balaban J connectivity index is 3.87. The van der Waals surface area contributed by atoms with E-state index in [0.717, 1.165) is 0 Å². The summed E-state index contributed by atoms with van der Waals surface area (Å²) >= 11 is 11.8. The second-order valence-corrected chi connectivity index (χ2v) is 4.24. The van der Waals surface area contributed by atoms with E-state index in [-0.39, 0.29) is 0 Å². The highest BCUT2D eigenvalue weighted by molar-refractivity contribution is 6.48. The highest BCUT2D eigenvalue weighted by Gasteiger charge is 2.26. The highest BCUT2D eigenvalue weighted by atomic mass is 35.5. The smallest absolute Gasteiger partial charge is 0.183 e. The van der Waals surface area contributed by atoms with Crippen molar-refractivity contribution in [1.29, 1.82) is 0 Å². The third kappa shape index (κ3) is 3.62. The zero-order valence-corrected chi connectivity index (χ0v) is 8.37. The minimum atomic E-state index is -0.774. The van der Waals surface area contributed by atoms with E-state index in [0.29, 0.717) is 6.54 Å². The molecule has 0 aromatic heterocycles. The van der Waals surface area contributed by atoms with Gasteiger partial charge in [-0.2, -0.15) is 0 Å². The molecule has 0 N–H and O–H groups in total. The van der Waals surface area contributed by atoms with Gasteiger partial charge in [-0.3, -0.25) is 4.90 Å². The summed E-state index contributed by atoms with van der Waals surface area (Å²) in [6, 6.07) is 0. The minimum absolute atomic E-state index is 0.628. The molecule has 0 unspecified atom stereocenters. The lowest BCUT2D eigenvalue weighted by molar-refractivity contribution is 0.260. The van der Waals surface area contributed by atoms with Crippen molar-refractivity contribution in [3.05, 3.63) is 0 Å². The van der Waals surface area contributed by atoms with Crippen LogP contribution in [-0.2, 0) is 0 Å². The van der Waals surface area contributed by atoms with Crippen LogP contribution in [0.5, 0.6) is 0 Å². The molecule has 0 heterocycles. The molecule has 0 aromatic rings. The largest absolute Gasteiger partial charge is 0.305 e. The quantitative estimate of drug-likeness (QED) is 0.482. The first-order valence-corrected chi connectivity index (χ1v) is 3.82. The number of hydrogen-bond donors (Lipinski definition) is 0. The summed E-state index contributed by atoms with van der Waals surface area (Å²) < 4.78 is -0.774. The van der Waals surface area contributed by atoms with Crippen LogP contribution in [0.4, 0.5) is 0 Å². The maximum atomic E-state index is 5.92. The van der Waals surface area contributed by atoms with Crippen molar-refractivity contribution in [2.75, 3.05) is 34.7 Å². The van der Waals surface area contributed by atoms with Crippen molar-refractivity contribution < 1.29 is 0 Å². The van der Waals surface area contributed by atoms with E-state index < -0.39 is 4.46 Å². The number of halogens is 2. The average Bonchev–Trinajstić information content (AvgIpc) is 1.60. The van der Waals surface area contributed by atoms with Gasteiger partial charge in [-0.25, -0.2) is 0 Å². The van der Waals surface area contributed by atoms with Crippen molar-refractivity contribution >= 4 is 23.2 Å². The summed E-state index contributed by atoms with van der Waals surface area (Å²) in [5, 5.41) is 0. The topological polar surface area (TPSA) is 6.48 Å². The molecule has 0 aliphatic heterocycles. The number of nitrogens with zero attached hydrogens (tertiary/aromatic N) is 2. The average molecular weight is 185 g/mol. The molecule has 0 rings (SSSR count). The van der Waals surface area contributed by atoms with E-state index >= 15 is 0 Å². The lowest BCUT2D eigenvalue weighted by Gasteiger charge is -2.29.